The molecule has 2 N–H and O–H groups in total. The van der Waals surface area contributed by atoms with Gasteiger partial charge in [-0.2, -0.15) is 0 Å². The number of carbonyl (C=O) groups excluding carboxylic acids is 1. The van der Waals surface area contributed by atoms with Gasteiger partial charge >= 0.3 is 5.97 Å². The van der Waals surface area contributed by atoms with E-state index in [4.69, 9.17) is 19.0 Å². The Bertz CT molecular complexity index is 1500. The van der Waals surface area contributed by atoms with Crippen molar-refractivity contribution in [1.82, 2.24) is 19.5 Å². The lowest BCUT2D eigenvalue weighted by atomic mass is 9.94. The molecule has 1 aromatic carbocycles. The van der Waals surface area contributed by atoms with E-state index < -0.39 is 39.9 Å². The average molecular weight is 801 g/mol. The van der Waals surface area contributed by atoms with E-state index in [0.29, 0.717) is 35.0 Å². The standard InChI is InChI=1S/C28H29I2N5O7/c1-3-27(39)13-21(42-20(27)15-40-28(25(29)36,26(37)38)12-18-8-5-4-6-9-18)35-16-31-22-23(32-17(2)33-24(22)35)34-11-7-10-19(34)14-41-30/h1,4-6,8-9,16,19-21,39H,7,10-15H2,2H3,(H,37,38)/t19?,20?,21?,27-,28?/m0/s1. The lowest BCUT2D eigenvalue weighted by Gasteiger charge is -2.30. The minimum Gasteiger partial charge on any atom is -0.479 e. The normalized spacial score (nSPS) is 25.4. The van der Waals surface area contributed by atoms with Crippen molar-refractivity contribution in [2.45, 2.75) is 62.2 Å². The van der Waals surface area contributed by atoms with Crippen molar-refractivity contribution >= 4 is 72.3 Å². The van der Waals surface area contributed by atoms with Crippen LogP contribution in [0.5, 0.6) is 0 Å². The third-order valence-corrected chi connectivity index (χ3v) is 8.99. The molecule has 2 aromatic heterocycles. The average Bonchev–Trinajstić information content (AvgIpc) is 3.68. The number of fused-ring (bicyclic) bond motifs is 1. The Morgan fingerprint density at radius 1 is 1.29 bits per heavy atom. The zero-order valence-corrected chi connectivity index (χ0v) is 27.0. The van der Waals surface area contributed by atoms with Crippen LogP contribution in [0, 0.1) is 19.3 Å². The number of aliphatic carboxylic acids is 1. The second kappa shape index (κ2) is 12.7. The zero-order valence-electron chi connectivity index (χ0n) is 22.7. The minimum atomic E-state index is -2.20. The number of carboxylic acids is 1. The molecule has 0 saturated carbocycles. The fraction of sp³-hybridized carbons (Fsp3) is 0.464. The van der Waals surface area contributed by atoms with Crippen LogP contribution in [0.25, 0.3) is 11.2 Å². The van der Waals surface area contributed by atoms with Crippen LogP contribution in [0.2, 0.25) is 0 Å². The molecule has 12 nitrogen and oxygen atoms in total. The monoisotopic (exact) mass is 801 g/mol. The van der Waals surface area contributed by atoms with Crippen molar-refractivity contribution in [3.05, 3.63) is 48.0 Å². The molecule has 0 aliphatic carbocycles. The first-order valence-electron chi connectivity index (χ1n) is 13.3. The molecule has 5 rings (SSSR count). The Labute approximate surface area is 270 Å². The van der Waals surface area contributed by atoms with Crippen molar-refractivity contribution in [2.24, 2.45) is 0 Å². The summed E-state index contributed by atoms with van der Waals surface area (Å²) in [5, 5.41) is 21.5. The van der Waals surface area contributed by atoms with Crippen LogP contribution in [-0.2, 0) is 28.5 Å². The summed E-state index contributed by atoms with van der Waals surface area (Å²) in [5.41, 5.74) is -2.32. The first-order chi connectivity index (χ1) is 20.1. The number of rotatable bonds is 11. The van der Waals surface area contributed by atoms with Gasteiger partial charge in [-0.3, -0.25) is 9.36 Å². The molecule has 0 amide bonds. The van der Waals surface area contributed by atoms with Crippen molar-refractivity contribution in [3.63, 3.8) is 0 Å². The molecule has 0 radical (unpaired) electrons. The minimum absolute atomic E-state index is 0.0344. The molecule has 222 valence electrons. The number of hydrogen-bond donors (Lipinski definition) is 2. The van der Waals surface area contributed by atoms with Gasteiger partial charge < -0.3 is 27.7 Å². The fourth-order valence-electron chi connectivity index (χ4n) is 5.52. The van der Waals surface area contributed by atoms with Crippen molar-refractivity contribution < 1.29 is 32.3 Å². The number of anilines is 1. The summed E-state index contributed by atoms with van der Waals surface area (Å²) >= 11 is 3.32. The highest BCUT2D eigenvalue weighted by molar-refractivity contribution is 14.1. The van der Waals surface area contributed by atoms with Crippen LogP contribution in [0.4, 0.5) is 5.82 Å². The van der Waals surface area contributed by atoms with Gasteiger partial charge in [0.1, 0.15) is 41.2 Å². The maximum absolute atomic E-state index is 12.7. The van der Waals surface area contributed by atoms with E-state index in [1.807, 2.05) is 23.0 Å². The van der Waals surface area contributed by atoms with E-state index in [0.717, 1.165) is 19.4 Å². The van der Waals surface area contributed by atoms with Crippen molar-refractivity contribution in [1.29, 1.82) is 0 Å². The summed E-state index contributed by atoms with van der Waals surface area (Å²) in [6.45, 7) is 2.71. The van der Waals surface area contributed by atoms with Gasteiger partial charge in [0.15, 0.2) is 22.6 Å². The summed E-state index contributed by atoms with van der Waals surface area (Å²) in [6.07, 6.45) is 7.12. The highest BCUT2D eigenvalue weighted by Gasteiger charge is 2.52. The van der Waals surface area contributed by atoms with Gasteiger partial charge in [-0.25, -0.2) is 19.7 Å². The maximum Gasteiger partial charge on any atom is 0.345 e. The van der Waals surface area contributed by atoms with Crippen LogP contribution in [0.15, 0.2) is 36.7 Å². The first kappa shape index (κ1) is 31.0. The Hall–Kier alpha value is -2.43. The number of terminal acetylenes is 1. The summed E-state index contributed by atoms with van der Waals surface area (Å²) in [6, 6.07) is 8.86. The van der Waals surface area contributed by atoms with Crippen LogP contribution < -0.4 is 4.90 Å². The molecule has 2 aliphatic rings. The second-order valence-electron chi connectivity index (χ2n) is 10.4. The van der Waals surface area contributed by atoms with Crippen LogP contribution in [0.1, 0.15) is 36.9 Å². The second-order valence-corrected chi connectivity index (χ2v) is 12.0. The number of ether oxygens (including phenoxy) is 2. The van der Waals surface area contributed by atoms with E-state index in [2.05, 4.69) is 25.8 Å². The van der Waals surface area contributed by atoms with Gasteiger partial charge in [0.05, 0.1) is 25.6 Å². The predicted molar refractivity (Wildman–Crippen MR) is 168 cm³/mol. The topological polar surface area (TPSA) is 149 Å². The number of carboxylic acid groups (broad SMARTS) is 1. The van der Waals surface area contributed by atoms with Gasteiger partial charge in [0, 0.05) is 42.0 Å². The quantitative estimate of drug-likeness (QED) is 0.128. The maximum atomic E-state index is 12.7. The number of hydrogen-bond acceptors (Lipinski definition) is 10. The molecular weight excluding hydrogens is 772 g/mol. The molecule has 2 aliphatic heterocycles. The third-order valence-electron chi connectivity index (χ3n) is 7.76. The van der Waals surface area contributed by atoms with Crippen LogP contribution in [0.3, 0.4) is 0 Å². The van der Waals surface area contributed by atoms with E-state index in [1.54, 1.807) is 48.1 Å². The zero-order chi connectivity index (χ0) is 30.1. The van der Waals surface area contributed by atoms with E-state index in [1.165, 1.54) is 22.6 Å². The van der Waals surface area contributed by atoms with Crippen molar-refractivity contribution in [3.8, 4) is 12.3 Å². The third kappa shape index (κ3) is 5.86. The lowest BCUT2D eigenvalue weighted by Crippen LogP contribution is -2.52. The van der Waals surface area contributed by atoms with Gasteiger partial charge in [-0.1, -0.05) is 36.3 Å². The molecule has 14 heteroatoms. The van der Waals surface area contributed by atoms with Crippen LogP contribution >= 0.6 is 45.6 Å². The lowest BCUT2D eigenvalue weighted by molar-refractivity contribution is -0.176. The number of nitrogens with zero attached hydrogens (tertiary/aromatic N) is 5. The summed E-state index contributed by atoms with van der Waals surface area (Å²) in [5.74, 6) is 2.18. The molecule has 0 bridgehead atoms. The smallest absolute Gasteiger partial charge is 0.345 e. The Kier molecular flexibility index (Phi) is 9.35. The highest BCUT2D eigenvalue weighted by atomic mass is 127. The summed E-state index contributed by atoms with van der Waals surface area (Å²) in [4.78, 5) is 41.2. The summed E-state index contributed by atoms with van der Waals surface area (Å²) < 4.78 is 18.4. The first-order valence-corrected chi connectivity index (χ1v) is 15.3. The van der Waals surface area contributed by atoms with Gasteiger partial charge in [-0.05, 0) is 25.3 Å². The molecule has 2 saturated heterocycles. The molecule has 5 atom stereocenters. The van der Waals surface area contributed by atoms with E-state index >= 15 is 0 Å². The number of imidazole rings is 1. The number of aryl methyl sites for hydroxylation is 1. The Morgan fingerprint density at radius 3 is 2.71 bits per heavy atom. The number of aromatic nitrogens is 4. The van der Waals surface area contributed by atoms with Gasteiger partial charge in [0.25, 0.3) is 0 Å². The molecule has 0 spiro atoms. The molecule has 4 heterocycles. The van der Waals surface area contributed by atoms with Gasteiger partial charge in [-0.15, -0.1) is 6.42 Å². The van der Waals surface area contributed by atoms with Crippen LogP contribution in [-0.4, -0.2) is 82.6 Å². The molecule has 3 aromatic rings. The molecular formula is C28H29I2N5O7. The molecule has 42 heavy (non-hydrogen) atoms. The summed E-state index contributed by atoms with van der Waals surface area (Å²) in [7, 11) is 0. The number of halogens is 2. The fourth-order valence-corrected chi connectivity index (χ4v) is 6.51. The highest BCUT2D eigenvalue weighted by Crippen LogP contribution is 2.40. The van der Waals surface area contributed by atoms with E-state index in [-0.39, 0.29) is 18.9 Å². The molecule has 4 unspecified atom stereocenters. The number of carbonyl (C=O) groups is 2. The Balaban J connectivity index is 1.42. The number of aliphatic hydroxyl groups is 1. The van der Waals surface area contributed by atoms with Gasteiger partial charge in [0.2, 0.25) is 9.39 Å². The van der Waals surface area contributed by atoms with E-state index in [9.17, 15) is 19.8 Å². The molecule has 2 fully saturated rings. The predicted octanol–water partition coefficient (Wildman–Crippen LogP) is 3.17. The largest absolute Gasteiger partial charge is 0.479 e. The van der Waals surface area contributed by atoms with Crippen molar-refractivity contribution in [2.75, 3.05) is 24.7 Å². The SMILES string of the molecule is C#C[C@]1(O)CC(n2cnc3c(N4CCCC4COI)nc(C)nc32)OC1COC(Cc1ccccc1)(C(=O)O)C(=O)I. The number of benzene rings is 1. The Morgan fingerprint density at radius 2 is 2.05 bits per heavy atom.